The molecule has 1 heterocycles. The second-order valence-electron chi connectivity index (χ2n) is 7.94. The van der Waals surface area contributed by atoms with Crippen molar-refractivity contribution in [3.8, 4) is 0 Å². The third-order valence-electron chi connectivity index (χ3n) is 4.62. The normalized spacial score (nSPS) is 19.2. The van der Waals surface area contributed by atoms with Gasteiger partial charge in [0.05, 0.1) is 0 Å². The van der Waals surface area contributed by atoms with Gasteiger partial charge in [-0.3, -0.25) is 9.69 Å². The summed E-state index contributed by atoms with van der Waals surface area (Å²) in [5.74, 6) is 0.280. The van der Waals surface area contributed by atoms with Crippen molar-refractivity contribution in [2.75, 3.05) is 19.6 Å². The molecule has 1 aromatic carbocycles. The Labute approximate surface area is 135 Å². The van der Waals surface area contributed by atoms with E-state index in [-0.39, 0.29) is 17.0 Å². The van der Waals surface area contributed by atoms with Crippen LogP contribution in [0.2, 0.25) is 0 Å². The first-order valence-electron chi connectivity index (χ1n) is 8.29. The summed E-state index contributed by atoms with van der Waals surface area (Å²) in [7, 11) is 0. The maximum atomic E-state index is 12.7. The molecule has 1 aliphatic rings. The Morgan fingerprint density at radius 1 is 1.14 bits per heavy atom. The van der Waals surface area contributed by atoms with Crippen LogP contribution in [0, 0.1) is 0 Å². The Morgan fingerprint density at radius 2 is 1.77 bits per heavy atom. The van der Waals surface area contributed by atoms with Crippen molar-refractivity contribution in [2.45, 2.75) is 58.5 Å². The van der Waals surface area contributed by atoms with E-state index < -0.39 is 0 Å². The molecule has 0 saturated carbocycles. The second kappa shape index (κ2) is 6.41. The highest BCUT2D eigenvalue weighted by molar-refractivity contribution is 5.77. The van der Waals surface area contributed by atoms with E-state index in [1.807, 2.05) is 18.2 Å². The first-order chi connectivity index (χ1) is 10.2. The lowest BCUT2D eigenvalue weighted by Crippen LogP contribution is -2.64. The first kappa shape index (κ1) is 17.0. The van der Waals surface area contributed by atoms with Gasteiger partial charge in [0.1, 0.15) is 0 Å². The van der Waals surface area contributed by atoms with Gasteiger partial charge in [-0.15, -0.1) is 0 Å². The Morgan fingerprint density at radius 3 is 2.32 bits per heavy atom. The number of nitrogens with zero attached hydrogens (tertiary/aromatic N) is 2. The summed E-state index contributed by atoms with van der Waals surface area (Å²) in [4.78, 5) is 17.2. The van der Waals surface area contributed by atoms with Crippen LogP contribution in [0.15, 0.2) is 30.3 Å². The summed E-state index contributed by atoms with van der Waals surface area (Å²) in [5, 5.41) is 0. The maximum absolute atomic E-state index is 12.7. The van der Waals surface area contributed by atoms with Crippen molar-refractivity contribution in [3.63, 3.8) is 0 Å². The average Bonchev–Trinajstić information content (AvgIpc) is 2.44. The van der Waals surface area contributed by atoms with Gasteiger partial charge in [0.2, 0.25) is 5.91 Å². The van der Waals surface area contributed by atoms with Crippen LogP contribution in [-0.2, 0) is 11.2 Å². The molecule has 0 radical (unpaired) electrons. The largest absolute Gasteiger partial charge is 0.335 e. The van der Waals surface area contributed by atoms with Gasteiger partial charge < -0.3 is 4.90 Å². The predicted molar refractivity (Wildman–Crippen MR) is 91.9 cm³/mol. The molecule has 0 unspecified atom stereocenters. The van der Waals surface area contributed by atoms with E-state index in [1.54, 1.807) is 0 Å². The number of rotatable bonds is 3. The Balaban J connectivity index is 1.96. The first-order valence-corrected chi connectivity index (χ1v) is 8.29. The quantitative estimate of drug-likeness (QED) is 0.855. The van der Waals surface area contributed by atoms with Gasteiger partial charge in [-0.2, -0.15) is 0 Å². The standard InChI is InChI=1S/C19H30N2O/c1-18(2,3)20-13-14-21(19(4,5)15-20)17(22)12-11-16-9-7-6-8-10-16/h6-10H,11-15H2,1-5H3. The monoisotopic (exact) mass is 302 g/mol. The van der Waals surface area contributed by atoms with Crippen LogP contribution in [0.1, 0.15) is 46.6 Å². The summed E-state index contributed by atoms with van der Waals surface area (Å²) in [6, 6.07) is 10.3. The zero-order valence-electron chi connectivity index (χ0n) is 14.7. The van der Waals surface area contributed by atoms with Crippen LogP contribution < -0.4 is 0 Å². The number of benzene rings is 1. The number of carbonyl (C=O) groups excluding carboxylic acids is 1. The lowest BCUT2D eigenvalue weighted by molar-refractivity contribution is -0.142. The molecule has 0 aliphatic carbocycles. The Bertz CT molecular complexity index is 502. The molecule has 1 amide bonds. The zero-order chi connectivity index (χ0) is 16.4. The fourth-order valence-corrected chi connectivity index (χ4v) is 3.22. The molecule has 1 fully saturated rings. The van der Waals surface area contributed by atoms with Gasteiger partial charge >= 0.3 is 0 Å². The van der Waals surface area contributed by atoms with Crippen LogP contribution in [0.4, 0.5) is 0 Å². The van der Waals surface area contributed by atoms with Crippen molar-refractivity contribution < 1.29 is 4.79 Å². The van der Waals surface area contributed by atoms with Crippen molar-refractivity contribution in [2.24, 2.45) is 0 Å². The number of aryl methyl sites for hydroxylation is 1. The van der Waals surface area contributed by atoms with E-state index in [0.29, 0.717) is 6.42 Å². The van der Waals surface area contributed by atoms with Gasteiger partial charge in [0, 0.05) is 37.1 Å². The van der Waals surface area contributed by atoms with Crippen molar-refractivity contribution in [1.29, 1.82) is 0 Å². The minimum absolute atomic E-state index is 0.0979. The summed E-state index contributed by atoms with van der Waals surface area (Å²) in [6.07, 6.45) is 1.43. The van der Waals surface area contributed by atoms with Crippen LogP contribution in [-0.4, -0.2) is 46.4 Å². The van der Waals surface area contributed by atoms with Crippen LogP contribution in [0.5, 0.6) is 0 Å². The number of piperazine rings is 1. The molecule has 0 bridgehead atoms. The molecule has 3 nitrogen and oxygen atoms in total. The molecule has 22 heavy (non-hydrogen) atoms. The van der Waals surface area contributed by atoms with E-state index in [1.165, 1.54) is 5.56 Å². The predicted octanol–water partition coefficient (Wildman–Crippen LogP) is 3.34. The van der Waals surface area contributed by atoms with Crippen molar-refractivity contribution >= 4 is 5.91 Å². The van der Waals surface area contributed by atoms with E-state index in [2.05, 4.69) is 56.6 Å². The van der Waals surface area contributed by atoms with Gasteiger partial charge in [0.15, 0.2) is 0 Å². The minimum atomic E-state index is -0.0979. The highest BCUT2D eigenvalue weighted by atomic mass is 16.2. The van der Waals surface area contributed by atoms with Crippen LogP contribution in [0.3, 0.4) is 0 Å². The van der Waals surface area contributed by atoms with Gasteiger partial charge in [0.25, 0.3) is 0 Å². The lowest BCUT2D eigenvalue weighted by Gasteiger charge is -2.51. The molecule has 0 atom stereocenters. The van der Waals surface area contributed by atoms with E-state index in [4.69, 9.17) is 0 Å². The van der Waals surface area contributed by atoms with E-state index >= 15 is 0 Å². The molecule has 1 aliphatic heterocycles. The Hall–Kier alpha value is -1.35. The molecule has 3 heteroatoms. The molecular formula is C19H30N2O. The molecule has 0 aromatic heterocycles. The molecule has 122 valence electrons. The molecule has 2 rings (SSSR count). The third-order valence-corrected chi connectivity index (χ3v) is 4.62. The van der Waals surface area contributed by atoms with Crippen LogP contribution in [0.25, 0.3) is 0 Å². The van der Waals surface area contributed by atoms with Gasteiger partial charge in [-0.1, -0.05) is 30.3 Å². The number of hydrogen-bond donors (Lipinski definition) is 0. The number of amides is 1. The highest BCUT2D eigenvalue weighted by Gasteiger charge is 2.39. The topological polar surface area (TPSA) is 23.6 Å². The van der Waals surface area contributed by atoms with Gasteiger partial charge in [-0.05, 0) is 46.6 Å². The summed E-state index contributed by atoms with van der Waals surface area (Å²) in [5.41, 5.74) is 1.30. The minimum Gasteiger partial charge on any atom is -0.335 e. The van der Waals surface area contributed by atoms with E-state index in [9.17, 15) is 4.79 Å². The Kier molecular flexibility index (Phi) is 4.96. The lowest BCUT2D eigenvalue weighted by atomic mass is 9.93. The highest BCUT2D eigenvalue weighted by Crippen LogP contribution is 2.27. The molecule has 1 saturated heterocycles. The zero-order valence-corrected chi connectivity index (χ0v) is 14.7. The second-order valence-corrected chi connectivity index (χ2v) is 7.94. The fraction of sp³-hybridized carbons (Fsp3) is 0.632. The number of carbonyl (C=O) groups is 1. The smallest absolute Gasteiger partial charge is 0.223 e. The molecule has 0 spiro atoms. The maximum Gasteiger partial charge on any atom is 0.223 e. The summed E-state index contributed by atoms with van der Waals surface area (Å²) >= 11 is 0. The molecular weight excluding hydrogens is 272 g/mol. The van der Waals surface area contributed by atoms with E-state index in [0.717, 1.165) is 26.1 Å². The summed E-state index contributed by atoms with van der Waals surface area (Å²) in [6.45, 7) is 13.8. The molecule has 0 N–H and O–H groups in total. The fourth-order valence-electron chi connectivity index (χ4n) is 3.22. The third kappa shape index (κ3) is 4.10. The SMILES string of the molecule is CC(C)(C)N1CCN(C(=O)CCc2ccccc2)C(C)(C)C1. The molecule has 1 aromatic rings. The van der Waals surface area contributed by atoms with Crippen molar-refractivity contribution in [3.05, 3.63) is 35.9 Å². The van der Waals surface area contributed by atoms with Crippen LogP contribution >= 0.6 is 0 Å². The number of hydrogen-bond acceptors (Lipinski definition) is 2. The summed E-state index contributed by atoms with van der Waals surface area (Å²) < 4.78 is 0. The average molecular weight is 302 g/mol. The van der Waals surface area contributed by atoms with Gasteiger partial charge in [-0.25, -0.2) is 0 Å². The van der Waals surface area contributed by atoms with Crippen molar-refractivity contribution in [1.82, 2.24) is 9.80 Å².